The number of halogens is 2. The number of esters is 1. The summed E-state index contributed by atoms with van der Waals surface area (Å²) < 4.78 is 6.45. The number of rotatable bonds is 9. The van der Waals surface area contributed by atoms with E-state index in [1.165, 1.54) is 13.3 Å². The van der Waals surface area contributed by atoms with E-state index in [1.807, 2.05) is 0 Å². The molecule has 0 saturated carbocycles. The zero-order valence-electron chi connectivity index (χ0n) is 17.0. The summed E-state index contributed by atoms with van der Waals surface area (Å²) in [7, 11) is 1.29. The standard InChI is InChI=1S/C20H24Cl2N6O3/c1-31-18(29)10-17(13-7-15(21)9-16(22)8-13)27-19(30)14-11-26-28(12-14)6-2-3-23-20-24-4-5-25-20/h7-9,11-12,17H,2-6,10H2,1H3,(H,27,30)(H2,23,24,25)/t17-/m0/s1. The molecule has 0 spiro atoms. The molecule has 0 radical (unpaired) electrons. The van der Waals surface area contributed by atoms with Gasteiger partial charge in [-0.05, 0) is 30.2 Å². The number of aryl methyl sites for hydroxylation is 1. The number of hydrogen-bond acceptors (Lipinski definition) is 7. The third kappa shape index (κ3) is 6.86. The Morgan fingerprint density at radius 2 is 2.06 bits per heavy atom. The normalized spacial score (nSPS) is 13.8. The van der Waals surface area contributed by atoms with Crippen LogP contribution >= 0.6 is 23.2 Å². The van der Waals surface area contributed by atoms with Crippen LogP contribution in [0.2, 0.25) is 10.0 Å². The summed E-state index contributed by atoms with van der Waals surface area (Å²) in [5.41, 5.74) is 0.996. The van der Waals surface area contributed by atoms with Gasteiger partial charge in [-0.2, -0.15) is 5.10 Å². The number of nitrogens with one attached hydrogen (secondary N) is 3. The molecule has 2 aromatic rings. The first-order chi connectivity index (χ1) is 14.9. The predicted octanol–water partition coefficient (Wildman–Crippen LogP) is 2.16. The molecule has 11 heteroatoms. The highest BCUT2D eigenvalue weighted by Crippen LogP contribution is 2.26. The van der Waals surface area contributed by atoms with Gasteiger partial charge < -0.3 is 20.7 Å². The monoisotopic (exact) mass is 466 g/mol. The summed E-state index contributed by atoms with van der Waals surface area (Å²) in [5, 5.41) is 14.3. The lowest BCUT2D eigenvalue weighted by Crippen LogP contribution is -2.34. The number of aliphatic imine (C=N–C) groups is 1. The lowest BCUT2D eigenvalue weighted by atomic mass is 10.0. The van der Waals surface area contributed by atoms with Crippen molar-refractivity contribution in [3.8, 4) is 0 Å². The van der Waals surface area contributed by atoms with E-state index in [0.29, 0.717) is 27.7 Å². The van der Waals surface area contributed by atoms with Crippen molar-refractivity contribution in [2.45, 2.75) is 25.4 Å². The van der Waals surface area contributed by atoms with E-state index in [1.54, 1.807) is 29.1 Å². The molecule has 3 N–H and O–H groups in total. The molecule has 1 aliphatic heterocycles. The SMILES string of the molecule is COC(=O)C[C@H](NC(=O)c1cnn(CCCNC2=NCCN2)c1)c1cc(Cl)cc(Cl)c1. The molecule has 166 valence electrons. The van der Waals surface area contributed by atoms with E-state index in [-0.39, 0.29) is 12.3 Å². The summed E-state index contributed by atoms with van der Waals surface area (Å²) >= 11 is 12.2. The maximum Gasteiger partial charge on any atom is 0.307 e. The van der Waals surface area contributed by atoms with E-state index in [0.717, 1.165) is 32.0 Å². The number of hydrogen-bond donors (Lipinski definition) is 3. The molecular weight excluding hydrogens is 443 g/mol. The number of amides is 1. The summed E-state index contributed by atoms with van der Waals surface area (Å²) in [6, 6.07) is 4.24. The molecule has 1 aromatic heterocycles. The summed E-state index contributed by atoms with van der Waals surface area (Å²) in [6.45, 7) is 3.03. The summed E-state index contributed by atoms with van der Waals surface area (Å²) in [6.07, 6.45) is 3.92. The van der Waals surface area contributed by atoms with Crippen molar-refractivity contribution in [1.29, 1.82) is 0 Å². The Balaban J connectivity index is 1.59. The molecule has 0 saturated heterocycles. The average Bonchev–Trinajstić information content (AvgIpc) is 3.42. The number of aromatic nitrogens is 2. The minimum atomic E-state index is -0.650. The smallest absolute Gasteiger partial charge is 0.307 e. The van der Waals surface area contributed by atoms with Gasteiger partial charge in [0.1, 0.15) is 0 Å². The van der Waals surface area contributed by atoms with Crippen LogP contribution in [-0.4, -0.2) is 54.4 Å². The second-order valence-electron chi connectivity index (χ2n) is 6.94. The molecule has 0 unspecified atom stereocenters. The number of guanidine groups is 1. The topological polar surface area (TPSA) is 110 Å². The lowest BCUT2D eigenvalue weighted by molar-refractivity contribution is -0.141. The van der Waals surface area contributed by atoms with E-state index in [4.69, 9.17) is 27.9 Å². The van der Waals surface area contributed by atoms with Gasteiger partial charge in [0.05, 0.1) is 37.9 Å². The number of carbonyl (C=O) groups is 2. The fourth-order valence-electron chi connectivity index (χ4n) is 3.09. The molecular formula is C20H24Cl2N6O3. The van der Waals surface area contributed by atoms with E-state index in [9.17, 15) is 9.59 Å². The molecule has 31 heavy (non-hydrogen) atoms. The molecule has 0 aliphatic carbocycles. The van der Waals surface area contributed by atoms with E-state index >= 15 is 0 Å². The Hall–Kier alpha value is -2.78. The molecule has 1 amide bonds. The number of benzene rings is 1. The van der Waals surface area contributed by atoms with Gasteiger partial charge in [-0.25, -0.2) is 0 Å². The van der Waals surface area contributed by atoms with Crippen LogP contribution in [0.1, 0.15) is 34.8 Å². The van der Waals surface area contributed by atoms with Crippen molar-refractivity contribution in [3.05, 3.63) is 51.8 Å². The van der Waals surface area contributed by atoms with Crippen molar-refractivity contribution in [1.82, 2.24) is 25.7 Å². The molecule has 1 atom stereocenters. The highest BCUT2D eigenvalue weighted by Gasteiger charge is 2.21. The van der Waals surface area contributed by atoms with Crippen LogP contribution in [-0.2, 0) is 16.1 Å². The van der Waals surface area contributed by atoms with Gasteiger partial charge in [-0.15, -0.1) is 0 Å². The highest BCUT2D eigenvalue weighted by atomic mass is 35.5. The van der Waals surface area contributed by atoms with Crippen LogP contribution in [0.5, 0.6) is 0 Å². The number of nitrogens with zero attached hydrogens (tertiary/aromatic N) is 3. The molecule has 2 heterocycles. The van der Waals surface area contributed by atoms with Gasteiger partial charge in [0.15, 0.2) is 5.96 Å². The van der Waals surface area contributed by atoms with E-state index < -0.39 is 12.0 Å². The van der Waals surface area contributed by atoms with E-state index in [2.05, 4.69) is 26.0 Å². The maximum atomic E-state index is 12.8. The zero-order chi connectivity index (χ0) is 22.2. The van der Waals surface area contributed by atoms with Crippen molar-refractivity contribution < 1.29 is 14.3 Å². The first-order valence-electron chi connectivity index (χ1n) is 9.83. The molecule has 0 bridgehead atoms. The fourth-order valence-corrected chi connectivity index (χ4v) is 3.63. The van der Waals surface area contributed by atoms with Crippen molar-refractivity contribution in [2.24, 2.45) is 4.99 Å². The van der Waals surface area contributed by atoms with Crippen LogP contribution in [0.3, 0.4) is 0 Å². The number of ether oxygens (including phenoxy) is 1. The van der Waals surface area contributed by atoms with Crippen LogP contribution in [0.25, 0.3) is 0 Å². The first kappa shape index (κ1) is 22.9. The highest BCUT2D eigenvalue weighted by molar-refractivity contribution is 6.34. The van der Waals surface area contributed by atoms with Gasteiger partial charge in [0.2, 0.25) is 0 Å². The van der Waals surface area contributed by atoms with Gasteiger partial charge >= 0.3 is 5.97 Å². The third-order valence-electron chi connectivity index (χ3n) is 4.62. The van der Waals surface area contributed by atoms with Crippen LogP contribution in [0, 0.1) is 0 Å². The van der Waals surface area contributed by atoms with Crippen LogP contribution in [0.15, 0.2) is 35.6 Å². The molecule has 1 aromatic carbocycles. The van der Waals surface area contributed by atoms with Gasteiger partial charge in [0, 0.05) is 35.9 Å². The van der Waals surface area contributed by atoms with Gasteiger partial charge in [-0.3, -0.25) is 19.3 Å². The zero-order valence-corrected chi connectivity index (χ0v) is 18.5. The Bertz CT molecular complexity index is 942. The number of carbonyl (C=O) groups excluding carboxylic acids is 2. The third-order valence-corrected chi connectivity index (χ3v) is 5.05. The minimum absolute atomic E-state index is 0.0589. The van der Waals surface area contributed by atoms with Gasteiger partial charge in [0.25, 0.3) is 5.91 Å². The maximum absolute atomic E-state index is 12.8. The van der Waals surface area contributed by atoms with Crippen molar-refractivity contribution >= 4 is 41.0 Å². The van der Waals surface area contributed by atoms with Crippen molar-refractivity contribution in [2.75, 3.05) is 26.7 Å². The van der Waals surface area contributed by atoms with Gasteiger partial charge in [-0.1, -0.05) is 23.2 Å². The Kier molecular flexibility index (Phi) is 8.13. The molecule has 0 fully saturated rings. The second kappa shape index (κ2) is 11.0. The Morgan fingerprint density at radius 3 is 2.74 bits per heavy atom. The predicted molar refractivity (Wildman–Crippen MR) is 118 cm³/mol. The Morgan fingerprint density at radius 1 is 1.29 bits per heavy atom. The number of methoxy groups -OCH3 is 1. The summed E-state index contributed by atoms with van der Waals surface area (Å²) in [4.78, 5) is 28.9. The summed E-state index contributed by atoms with van der Waals surface area (Å²) in [5.74, 6) is -0.0110. The quantitative estimate of drug-likeness (QED) is 0.385. The largest absolute Gasteiger partial charge is 0.469 e. The first-order valence-corrected chi connectivity index (χ1v) is 10.6. The van der Waals surface area contributed by atoms with Crippen LogP contribution in [0.4, 0.5) is 0 Å². The second-order valence-corrected chi connectivity index (χ2v) is 7.81. The molecule has 9 nitrogen and oxygen atoms in total. The average molecular weight is 467 g/mol. The van der Waals surface area contributed by atoms with Crippen molar-refractivity contribution in [3.63, 3.8) is 0 Å². The Labute approximate surface area is 190 Å². The molecule has 3 rings (SSSR count). The molecule has 1 aliphatic rings. The fraction of sp³-hybridized carbons (Fsp3) is 0.400. The van der Waals surface area contributed by atoms with Crippen LogP contribution < -0.4 is 16.0 Å². The minimum Gasteiger partial charge on any atom is -0.469 e. The lowest BCUT2D eigenvalue weighted by Gasteiger charge is -2.18.